The first-order valence-corrected chi connectivity index (χ1v) is 5.65. The molecule has 1 N–H and O–H groups in total. The number of hydrogen-bond donors (Lipinski definition) is 1. The van der Waals surface area contributed by atoms with E-state index in [2.05, 4.69) is 20.0 Å². The molecule has 8 heteroatoms. The van der Waals surface area contributed by atoms with Crippen molar-refractivity contribution in [1.82, 2.24) is 5.43 Å². The number of ether oxygens (including phenoxy) is 3. The molecule has 0 aliphatic carbocycles. The summed E-state index contributed by atoms with van der Waals surface area (Å²) in [7, 11) is 1.32. The van der Waals surface area contributed by atoms with Gasteiger partial charge >= 0.3 is 12.7 Å². The minimum absolute atomic E-state index is 0.0852. The molecule has 0 aliphatic heterocycles. The Morgan fingerprint density at radius 2 is 2.20 bits per heavy atom. The number of carbonyl (C=O) groups excluding carboxylic acids is 1. The van der Waals surface area contributed by atoms with Crippen molar-refractivity contribution < 1.29 is 27.8 Å². The van der Waals surface area contributed by atoms with E-state index in [9.17, 15) is 13.6 Å². The molecule has 1 rings (SSSR count). The molecule has 0 radical (unpaired) electrons. The molecule has 6 nitrogen and oxygen atoms in total. The second-order valence-electron chi connectivity index (χ2n) is 3.38. The van der Waals surface area contributed by atoms with E-state index in [0.717, 1.165) is 0 Å². The topological polar surface area (TPSA) is 69.2 Å². The number of methoxy groups -OCH3 is 1. The van der Waals surface area contributed by atoms with Crippen molar-refractivity contribution >= 4 is 12.3 Å². The first-order chi connectivity index (χ1) is 9.56. The summed E-state index contributed by atoms with van der Waals surface area (Å²) in [6.45, 7) is -1.04. The van der Waals surface area contributed by atoms with Gasteiger partial charge in [0.1, 0.15) is 0 Å². The predicted octanol–water partition coefficient (Wildman–Crippen LogP) is 2.38. The van der Waals surface area contributed by atoms with Crippen molar-refractivity contribution in [2.45, 2.75) is 13.5 Å². The summed E-state index contributed by atoms with van der Waals surface area (Å²) in [4.78, 5) is 11.0. The Hall–Kier alpha value is -2.38. The van der Waals surface area contributed by atoms with Gasteiger partial charge in [-0.2, -0.15) is 13.9 Å². The standard InChI is InChI=1S/C12H14F2N2O4/c1-3-19-12(17)16-15-7-8-4-5-9(20-11(13)14)10(6-8)18-2/h4-7,11H,3H2,1-2H3,(H,16,17). The summed E-state index contributed by atoms with van der Waals surface area (Å²) in [5.74, 6) is 0.0448. The smallest absolute Gasteiger partial charge is 0.427 e. The normalized spacial score (nSPS) is 10.7. The van der Waals surface area contributed by atoms with Crippen molar-refractivity contribution in [3.05, 3.63) is 23.8 Å². The zero-order chi connectivity index (χ0) is 15.0. The summed E-state index contributed by atoms with van der Waals surface area (Å²) >= 11 is 0. The Kier molecular flexibility index (Phi) is 6.21. The van der Waals surface area contributed by atoms with E-state index in [1.54, 1.807) is 6.92 Å². The summed E-state index contributed by atoms with van der Waals surface area (Å²) in [5, 5.41) is 3.63. The molecule has 0 aliphatic rings. The van der Waals surface area contributed by atoms with Crippen LogP contribution in [0.1, 0.15) is 12.5 Å². The average molecular weight is 288 g/mol. The third-order valence-corrected chi connectivity index (χ3v) is 2.05. The molecule has 0 atom stereocenters. The van der Waals surface area contributed by atoms with Gasteiger partial charge in [-0.05, 0) is 30.7 Å². The maximum absolute atomic E-state index is 12.1. The first-order valence-electron chi connectivity index (χ1n) is 5.65. The van der Waals surface area contributed by atoms with Crippen LogP contribution in [-0.4, -0.2) is 32.6 Å². The summed E-state index contributed by atoms with van der Waals surface area (Å²) < 4.78 is 38.1. The molecule has 0 spiro atoms. The van der Waals surface area contributed by atoms with E-state index in [4.69, 9.17) is 4.74 Å². The number of hydrogen-bond acceptors (Lipinski definition) is 5. The monoisotopic (exact) mass is 288 g/mol. The number of alkyl halides is 2. The Labute approximate surface area is 114 Å². The number of halogens is 2. The molecule has 1 aromatic rings. The lowest BCUT2D eigenvalue weighted by molar-refractivity contribution is -0.0512. The number of amides is 1. The van der Waals surface area contributed by atoms with Crippen molar-refractivity contribution in [2.75, 3.05) is 13.7 Å². The van der Waals surface area contributed by atoms with Crippen LogP contribution in [0.3, 0.4) is 0 Å². The number of nitrogens with zero attached hydrogens (tertiary/aromatic N) is 1. The van der Waals surface area contributed by atoms with Crippen LogP contribution in [0.15, 0.2) is 23.3 Å². The zero-order valence-electron chi connectivity index (χ0n) is 10.9. The molecule has 0 saturated heterocycles. The first kappa shape index (κ1) is 15.7. The van der Waals surface area contributed by atoms with E-state index < -0.39 is 12.7 Å². The molecule has 0 unspecified atom stereocenters. The molecule has 20 heavy (non-hydrogen) atoms. The number of benzene rings is 1. The van der Waals surface area contributed by atoms with Gasteiger partial charge in [0.25, 0.3) is 0 Å². The van der Waals surface area contributed by atoms with E-state index in [1.165, 1.54) is 31.5 Å². The molecule has 0 aromatic heterocycles. The highest BCUT2D eigenvalue weighted by atomic mass is 19.3. The zero-order valence-corrected chi connectivity index (χ0v) is 10.9. The fraction of sp³-hybridized carbons (Fsp3) is 0.333. The Bertz CT molecular complexity index is 481. The minimum Gasteiger partial charge on any atom is -0.493 e. The lowest BCUT2D eigenvalue weighted by Crippen LogP contribution is -2.18. The quantitative estimate of drug-likeness (QED) is 0.644. The van der Waals surface area contributed by atoms with Crippen LogP contribution in [-0.2, 0) is 4.74 Å². The van der Waals surface area contributed by atoms with Gasteiger partial charge in [0, 0.05) is 0 Å². The van der Waals surface area contributed by atoms with Crippen LogP contribution in [0.2, 0.25) is 0 Å². The van der Waals surface area contributed by atoms with Gasteiger partial charge in [-0.1, -0.05) is 0 Å². The lowest BCUT2D eigenvalue weighted by Gasteiger charge is -2.09. The number of rotatable bonds is 6. The van der Waals surface area contributed by atoms with Gasteiger partial charge in [-0.15, -0.1) is 0 Å². The van der Waals surface area contributed by atoms with Gasteiger partial charge in [0.05, 0.1) is 19.9 Å². The second kappa shape index (κ2) is 7.93. The van der Waals surface area contributed by atoms with Crippen LogP contribution in [0, 0.1) is 0 Å². The van der Waals surface area contributed by atoms with Gasteiger partial charge in [-0.3, -0.25) is 0 Å². The van der Waals surface area contributed by atoms with Crippen LogP contribution in [0.5, 0.6) is 11.5 Å². The molecule has 0 bridgehead atoms. The van der Waals surface area contributed by atoms with Crippen molar-refractivity contribution in [3.63, 3.8) is 0 Å². The van der Waals surface area contributed by atoms with E-state index in [1.807, 2.05) is 0 Å². The van der Waals surface area contributed by atoms with Crippen molar-refractivity contribution in [1.29, 1.82) is 0 Å². The molecular weight excluding hydrogens is 274 g/mol. The van der Waals surface area contributed by atoms with Crippen molar-refractivity contribution in [3.8, 4) is 11.5 Å². The minimum atomic E-state index is -2.94. The summed E-state index contributed by atoms with van der Waals surface area (Å²) in [6, 6.07) is 4.24. The van der Waals surface area contributed by atoms with E-state index in [-0.39, 0.29) is 18.1 Å². The van der Waals surface area contributed by atoms with Crippen LogP contribution in [0.4, 0.5) is 13.6 Å². The largest absolute Gasteiger partial charge is 0.493 e. The second-order valence-corrected chi connectivity index (χ2v) is 3.38. The van der Waals surface area contributed by atoms with Crippen molar-refractivity contribution in [2.24, 2.45) is 5.10 Å². The molecule has 1 aromatic carbocycles. The SMILES string of the molecule is CCOC(=O)NN=Cc1ccc(OC(F)F)c(OC)c1. The molecule has 0 saturated carbocycles. The maximum Gasteiger partial charge on any atom is 0.427 e. The van der Waals surface area contributed by atoms with Crippen LogP contribution < -0.4 is 14.9 Å². The third-order valence-electron chi connectivity index (χ3n) is 2.05. The number of nitrogens with one attached hydrogen (secondary N) is 1. The highest BCUT2D eigenvalue weighted by Gasteiger charge is 2.10. The maximum atomic E-state index is 12.1. The fourth-order valence-corrected chi connectivity index (χ4v) is 1.28. The highest BCUT2D eigenvalue weighted by Crippen LogP contribution is 2.28. The Morgan fingerprint density at radius 3 is 2.80 bits per heavy atom. The van der Waals surface area contributed by atoms with E-state index >= 15 is 0 Å². The van der Waals surface area contributed by atoms with Gasteiger partial charge in [-0.25, -0.2) is 10.2 Å². The molecule has 0 fully saturated rings. The van der Waals surface area contributed by atoms with Crippen LogP contribution in [0.25, 0.3) is 0 Å². The Morgan fingerprint density at radius 1 is 1.45 bits per heavy atom. The van der Waals surface area contributed by atoms with Gasteiger partial charge in [0.15, 0.2) is 11.5 Å². The summed E-state index contributed by atoms with van der Waals surface area (Å²) in [6.07, 6.45) is 0.624. The molecule has 0 heterocycles. The number of carbonyl (C=O) groups is 1. The third kappa shape index (κ3) is 5.09. The average Bonchev–Trinajstić information content (AvgIpc) is 2.40. The highest BCUT2D eigenvalue weighted by molar-refractivity contribution is 5.82. The summed E-state index contributed by atoms with van der Waals surface area (Å²) in [5.41, 5.74) is 2.66. The van der Waals surface area contributed by atoms with Gasteiger partial charge < -0.3 is 14.2 Å². The molecular formula is C12H14F2N2O4. The lowest BCUT2D eigenvalue weighted by atomic mass is 10.2. The number of hydrazone groups is 1. The molecule has 110 valence electrons. The predicted molar refractivity (Wildman–Crippen MR) is 67.4 cm³/mol. The van der Waals surface area contributed by atoms with Gasteiger partial charge in [0.2, 0.25) is 0 Å². The Balaban J connectivity index is 2.72. The van der Waals surface area contributed by atoms with Crippen LogP contribution >= 0.6 is 0 Å². The van der Waals surface area contributed by atoms with E-state index in [0.29, 0.717) is 5.56 Å². The molecule has 1 amide bonds. The fourth-order valence-electron chi connectivity index (χ4n) is 1.28.